The lowest BCUT2D eigenvalue weighted by molar-refractivity contribution is 0.0992. The molecule has 0 aliphatic carbocycles. The van der Waals surface area contributed by atoms with E-state index >= 15 is 0 Å². The zero-order valence-corrected chi connectivity index (χ0v) is 12.3. The Labute approximate surface area is 123 Å². The van der Waals surface area contributed by atoms with Gasteiger partial charge in [-0.25, -0.2) is 4.39 Å². The second-order valence-electron chi connectivity index (χ2n) is 4.75. The Balaban J connectivity index is 2.31. The third kappa shape index (κ3) is 3.40. The van der Waals surface area contributed by atoms with E-state index in [0.717, 1.165) is 5.56 Å². The number of hydrogen-bond acceptors (Lipinski definition) is 3. The molecule has 0 saturated carbocycles. The molecule has 0 atom stereocenters. The molecule has 0 aliphatic heterocycles. The van der Waals surface area contributed by atoms with Gasteiger partial charge in [0.25, 0.3) is 0 Å². The molecule has 110 valence electrons. The number of ketones is 1. The molecule has 0 heterocycles. The molecule has 0 radical (unpaired) electrons. The average Bonchev–Trinajstić information content (AvgIpc) is 2.46. The summed E-state index contributed by atoms with van der Waals surface area (Å²) in [4.78, 5) is 12.4. The van der Waals surface area contributed by atoms with E-state index in [0.29, 0.717) is 22.6 Å². The minimum atomic E-state index is -0.343. The molecular formula is C17H17FO3. The van der Waals surface area contributed by atoms with Crippen LogP contribution in [0.2, 0.25) is 0 Å². The molecule has 0 spiro atoms. The summed E-state index contributed by atoms with van der Waals surface area (Å²) >= 11 is 0. The predicted octanol–water partition coefficient (Wildman–Crippen LogP) is 3.58. The molecule has 4 heteroatoms. The van der Waals surface area contributed by atoms with E-state index in [1.165, 1.54) is 19.2 Å². The SMILES string of the molecule is COc1cc(C)c(C(=O)Cc2cccc(F)c2)cc1OC. The minimum Gasteiger partial charge on any atom is -0.493 e. The van der Waals surface area contributed by atoms with E-state index in [9.17, 15) is 9.18 Å². The van der Waals surface area contributed by atoms with E-state index in [1.54, 1.807) is 31.4 Å². The van der Waals surface area contributed by atoms with Gasteiger partial charge in [-0.3, -0.25) is 4.79 Å². The van der Waals surface area contributed by atoms with Gasteiger partial charge in [0.2, 0.25) is 0 Å². The summed E-state index contributed by atoms with van der Waals surface area (Å²) in [5.74, 6) is 0.659. The van der Waals surface area contributed by atoms with Crippen LogP contribution in [0.4, 0.5) is 4.39 Å². The van der Waals surface area contributed by atoms with Crippen LogP contribution in [0.25, 0.3) is 0 Å². The molecule has 2 aromatic carbocycles. The smallest absolute Gasteiger partial charge is 0.167 e. The lowest BCUT2D eigenvalue weighted by atomic mass is 9.98. The van der Waals surface area contributed by atoms with Crippen molar-refractivity contribution in [2.45, 2.75) is 13.3 Å². The highest BCUT2D eigenvalue weighted by molar-refractivity contribution is 5.99. The van der Waals surface area contributed by atoms with Gasteiger partial charge >= 0.3 is 0 Å². The Morgan fingerprint density at radius 2 is 1.76 bits per heavy atom. The van der Waals surface area contributed by atoms with Gasteiger partial charge in [0.05, 0.1) is 14.2 Å². The average molecular weight is 288 g/mol. The summed E-state index contributed by atoms with van der Waals surface area (Å²) in [6.07, 6.45) is 0.147. The van der Waals surface area contributed by atoms with E-state index in [2.05, 4.69) is 0 Å². The third-order valence-corrected chi connectivity index (χ3v) is 3.28. The maximum absolute atomic E-state index is 13.2. The quantitative estimate of drug-likeness (QED) is 0.789. The number of aryl methyl sites for hydroxylation is 1. The minimum absolute atomic E-state index is 0.0842. The van der Waals surface area contributed by atoms with Crippen molar-refractivity contribution in [1.29, 1.82) is 0 Å². The molecule has 0 fully saturated rings. The van der Waals surface area contributed by atoms with Crippen LogP contribution in [0.5, 0.6) is 11.5 Å². The zero-order chi connectivity index (χ0) is 15.4. The van der Waals surface area contributed by atoms with Crippen LogP contribution in [0.15, 0.2) is 36.4 Å². The van der Waals surface area contributed by atoms with E-state index in [-0.39, 0.29) is 18.0 Å². The van der Waals surface area contributed by atoms with Crippen molar-refractivity contribution < 1.29 is 18.7 Å². The monoisotopic (exact) mass is 288 g/mol. The van der Waals surface area contributed by atoms with Gasteiger partial charge in [0, 0.05) is 12.0 Å². The molecule has 0 unspecified atom stereocenters. The van der Waals surface area contributed by atoms with Gasteiger partial charge in [-0.1, -0.05) is 12.1 Å². The summed E-state index contributed by atoms with van der Waals surface area (Å²) in [7, 11) is 3.07. The molecule has 0 aromatic heterocycles. The van der Waals surface area contributed by atoms with Crippen molar-refractivity contribution in [3.63, 3.8) is 0 Å². The second kappa shape index (κ2) is 6.39. The number of methoxy groups -OCH3 is 2. The summed E-state index contributed by atoms with van der Waals surface area (Å²) in [5.41, 5.74) is 2.00. The number of carbonyl (C=O) groups is 1. The molecule has 0 saturated heterocycles. The Morgan fingerprint density at radius 3 is 2.38 bits per heavy atom. The molecular weight excluding hydrogens is 271 g/mol. The summed E-state index contributed by atoms with van der Waals surface area (Å²) in [5, 5.41) is 0. The fourth-order valence-corrected chi connectivity index (χ4v) is 2.21. The topological polar surface area (TPSA) is 35.5 Å². The number of rotatable bonds is 5. The van der Waals surface area contributed by atoms with Gasteiger partial charge in [-0.05, 0) is 42.3 Å². The maximum Gasteiger partial charge on any atom is 0.167 e. The van der Waals surface area contributed by atoms with Crippen molar-refractivity contribution in [3.05, 3.63) is 58.9 Å². The van der Waals surface area contributed by atoms with Crippen LogP contribution in [-0.2, 0) is 6.42 Å². The van der Waals surface area contributed by atoms with Crippen LogP contribution in [-0.4, -0.2) is 20.0 Å². The van der Waals surface area contributed by atoms with Gasteiger partial charge in [0.15, 0.2) is 17.3 Å². The van der Waals surface area contributed by atoms with E-state index in [4.69, 9.17) is 9.47 Å². The van der Waals surface area contributed by atoms with Gasteiger partial charge < -0.3 is 9.47 Å². The molecule has 2 rings (SSSR count). The van der Waals surface area contributed by atoms with Gasteiger partial charge in [-0.15, -0.1) is 0 Å². The van der Waals surface area contributed by atoms with Crippen molar-refractivity contribution >= 4 is 5.78 Å². The number of carbonyl (C=O) groups excluding carboxylic acids is 1. The molecule has 0 N–H and O–H groups in total. The number of Topliss-reactive ketones (excluding diaryl/α,β-unsaturated/α-hetero) is 1. The summed E-state index contributed by atoms with van der Waals surface area (Å²) < 4.78 is 23.6. The van der Waals surface area contributed by atoms with Crippen LogP contribution >= 0.6 is 0 Å². The molecule has 0 bridgehead atoms. The van der Waals surface area contributed by atoms with Crippen molar-refractivity contribution in [3.8, 4) is 11.5 Å². The number of halogens is 1. The zero-order valence-electron chi connectivity index (χ0n) is 12.3. The fourth-order valence-electron chi connectivity index (χ4n) is 2.21. The molecule has 3 nitrogen and oxygen atoms in total. The number of hydrogen-bond donors (Lipinski definition) is 0. The highest BCUT2D eigenvalue weighted by Crippen LogP contribution is 2.30. The Hall–Kier alpha value is -2.36. The Morgan fingerprint density at radius 1 is 1.10 bits per heavy atom. The first-order valence-corrected chi connectivity index (χ1v) is 6.55. The Bertz CT molecular complexity index is 665. The number of ether oxygens (including phenoxy) is 2. The van der Waals surface area contributed by atoms with E-state index in [1.807, 2.05) is 6.92 Å². The lowest BCUT2D eigenvalue weighted by Gasteiger charge is -2.12. The largest absolute Gasteiger partial charge is 0.493 e. The first-order chi connectivity index (χ1) is 10.0. The van der Waals surface area contributed by atoms with Gasteiger partial charge in [0.1, 0.15) is 5.82 Å². The van der Waals surface area contributed by atoms with Crippen LogP contribution in [0.3, 0.4) is 0 Å². The van der Waals surface area contributed by atoms with Crippen LogP contribution in [0.1, 0.15) is 21.5 Å². The van der Waals surface area contributed by atoms with Crippen molar-refractivity contribution in [1.82, 2.24) is 0 Å². The van der Waals surface area contributed by atoms with Crippen LogP contribution in [0, 0.1) is 12.7 Å². The van der Waals surface area contributed by atoms with Crippen molar-refractivity contribution in [2.24, 2.45) is 0 Å². The normalized spacial score (nSPS) is 10.3. The first-order valence-electron chi connectivity index (χ1n) is 6.55. The van der Waals surface area contributed by atoms with Gasteiger partial charge in [-0.2, -0.15) is 0 Å². The van der Waals surface area contributed by atoms with E-state index < -0.39 is 0 Å². The van der Waals surface area contributed by atoms with Crippen molar-refractivity contribution in [2.75, 3.05) is 14.2 Å². The third-order valence-electron chi connectivity index (χ3n) is 3.28. The summed E-state index contributed by atoms with van der Waals surface area (Å²) in [6, 6.07) is 9.48. The first kappa shape index (κ1) is 15.0. The lowest BCUT2D eigenvalue weighted by Crippen LogP contribution is -2.07. The molecule has 0 aliphatic rings. The highest BCUT2D eigenvalue weighted by atomic mass is 19.1. The highest BCUT2D eigenvalue weighted by Gasteiger charge is 2.15. The maximum atomic E-state index is 13.2. The predicted molar refractivity (Wildman–Crippen MR) is 78.7 cm³/mol. The fraction of sp³-hybridized carbons (Fsp3) is 0.235. The Kier molecular flexibility index (Phi) is 4.58. The molecule has 21 heavy (non-hydrogen) atoms. The second-order valence-corrected chi connectivity index (χ2v) is 4.75. The molecule has 2 aromatic rings. The standard InChI is InChI=1S/C17H17FO3/c1-11-7-16(20-2)17(21-3)10-14(11)15(19)9-12-5-4-6-13(18)8-12/h4-8,10H,9H2,1-3H3. The number of benzene rings is 2. The summed E-state index contributed by atoms with van der Waals surface area (Å²) in [6.45, 7) is 1.83. The molecule has 0 amide bonds. The van der Waals surface area contributed by atoms with Crippen LogP contribution < -0.4 is 9.47 Å².